The van der Waals surface area contributed by atoms with Crippen molar-refractivity contribution in [3.8, 4) is 11.3 Å². The molecule has 0 radical (unpaired) electrons. The summed E-state index contributed by atoms with van der Waals surface area (Å²) in [5, 5.41) is 12.2. The largest absolute Gasteiger partial charge is 0.460 e. The quantitative estimate of drug-likeness (QED) is 0.838. The van der Waals surface area contributed by atoms with Gasteiger partial charge in [0.2, 0.25) is 0 Å². The van der Waals surface area contributed by atoms with E-state index < -0.39 is 0 Å². The van der Waals surface area contributed by atoms with E-state index in [1.54, 1.807) is 0 Å². The lowest BCUT2D eigenvalue weighted by Gasteiger charge is -2.10. The van der Waals surface area contributed by atoms with Crippen molar-refractivity contribution in [2.24, 2.45) is 0 Å². The van der Waals surface area contributed by atoms with Gasteiger partial charge in [0.05, 0.1) is 6.54 Å². The number of aryl methyl sites for hydroxylation is 1. The number of nitrogens with one attached hydrogen (secondary N) is 1. The number of benzene rings is 1. The number of furan rings is 1. The molecule has 0 saturated heterocycles. The maximum Gasteiger partial charge on any atom is 0.134 e. The summed E-state index contributed by atoms with van der Waals surface area (Å²) >= 11 is 0. The summed E-state index contributed by atoms with van der Waals surface area (Å²) in [6.45, 7) is 5.03. The molecule has 0 fully saturated rings. The molecule has 0 aliphatic rings. The van der Waals surface area contributed by atoms with E-state index in [0.29, 0.717) is 6.54 Å². The molecule has 1 unspecified atom stereocenters. The number of hydrogen-bond acceptors (Lipinski definition) is 3. The number of aliphatic hydroxyl groups excluding tert-OH is 1. The summed E-state index contributed by atoms with van der Waals surface area (Å²) in [4.78, 5) is 0. The molecule has 2 N–H and O–H groups in total. The molecule has 0 spiro atoms. The van der Waals surface area contributed by atoms with Gasteiger partial charge in [-0.2, -0.15) is 0 Å². The second-order valence-electron chi connectivity index (χ2n) is 4.93. The fourth-order valence-corrected chi connectivity index (χ4v) is 1.92. The summed E-state index contributed by atoms with van der Waals surface area (Å²) in [6, 6.07) is 12.6. The van der Waals surface area contributed by atoms with Crippen LogP contribution in [-0.2, 0) is 6.54 Å². The first-order chi connectivity index (χ1) is 9.19. The maximum atomic E-state index is 8.85. The predicted octanol–water partition coefficient (Wildman–Crippen LogP) is 3.12. The lowest BCUT2D eigenvalue weighted by molar-refractivity contribution is 0.267. The Morgan fingerprint density at radius 3 is 2.58 bits per heavy atom. The Hall–Kier alpha value is -1.58. The third-order valence-electron chi connectivity index (χ3n) is 3.18. The van der Waals surface area contributed by atoms with E-state index in [-0.39, 0.29) is 12.6 Å². The molecule has 19 heavy (non-hydrogen) atoms. The number of rotatable bonds is 6. The Labute approximate surface area is 114 Å². The van der Waals surface area contributed by atoms with E-state index >= 15 is 0 Å². The van der Waals surface area contributed by atoms with Crippen LogP contribution in [-0.4, -0.2) is 17.8 Å². The molecule has 1 aromatic heterocycles. The van der Waals surface area contributed by atoms with Gasteiger partial charge >= 0.3 is 0 Å². The SMILES string of the molecule is Cc1ccc(-c2ccc(CNC(C)CCO)o2)cc1. The van der Waals surface area contributed by atoms with E-state index in [1.807, 2.05) is 12.1 Å². The standard InChI is InChI=1S/C16H21NO2/c1-12-3-5-14(6-4-12)16-8-7-15(19-16)11-17-13(2)9-10-18/h3-8,13,17-18H,9-11H2,1-2H3. The lowest BCUT2D eigenvalue weighted by atomic mass is 10.1. The van der Waals surface area contributed by atoms with Gasteiger partial charge in [0, 0.05) is 18.2 Å². The maximum absolute atomic E-state index is 8.85. The van der Waals surface area contributed by atoms with Crippen LogP contribution in [0.3, 0.4) is 0 Å². The minimum absolute atomic E-state index is 0.209. The molecule has 0 amide bonds. The van der Waals surface area contributed by atoms with Crippen LogP contribution in [0.25, 0.3) is 11.3 Å². The zero-order valence-corrected chi connectivity index (χ0v) is 11.5. The van der Waals surface area contributed by atoms with Gasteiger partial charge < -0.3 is 14.8 Å². The van der Waals surface area contributed by atoms with Crippen LogP contribution in [0.15, 0.2) is 40.8 Å². The molecular formula is C16H21NO2. The molecule has 1 heterocycles. The highest BCUT2D eigenvalue weighted by molar-refractivity contribution is 5.57. The summed E-state index contributed by atoms with van der Waals surface area (Å²) < 4.78 is 5.81. The van der Waals surface area contributed by atoms with E-state index in [9.17, 15) is 0 Å². The summed E-state index contributed by atoms with van der Waals surface area (Å²) in [6.07, 6.45) is 0.755. The van der Waals surface area contributed by atoms with Gasteiger partial charge in [-0.15, -0.1) is 0 Å². The van der Waals surface area contributed by atoms with Gasteiger partial charge in [-0.25, -0.2) is 0 Å². The van der Waals surface area contributed by atoms with Crippen LogP contribution in [0.4, 0.5) is 0 Å². The lowest BCUT2D eigenvalue weighted by Crippen LogP contribution is -2.26. The average Bonchev–Trinajstić information content (AvgIpc) is 2.86. The smallest absolute Gasteiger partial charge is 0.134 e. The average molecular weight is 259 g/mol. The Bertz CT molecular complexity index is 502. The molecule has 102 valence electrons. The molecule has 0 saturated carbocycles. The topological polar surface area (TPSA) is 45.4 Å². The summed E-state index contributed by atoms with van der Waals surface area (Å²) in [5.74, 6) is 1.81. The summed E-state index contributed by atoms with van der Waals surface area (Å²) in [5.41, 5.74) is 2.34. The van der Waals surface area contributed by atoms with Crippen molar-refractivity contribution in [3.05, 3.63) is 47.7 Å². The van der Waals surface area contributed by atoms with Crippen molar-refractivity contribution >= 4 is 0 Å². The minimum Gasteiger partial charge on any atom is -0.460 e. The second kappa shape index (κ2) is 6.55. The molecular weight excluding hydrogens is 238 g/mol. The summed E-state index contributed by atoms with van der Waals surface area (Å²) in [7, 11) is 0. The zero-order chi connectivity index (χ0) is 13.7. The highest BCUT2D eigenvalue weighted by atomic mass is 16.3. The third-order valence-corrected chi connectivity index (χ3v) is 3.18. The Morgan fingerprint density at radius 2 is 1.89 bits per heavy atom. The van der Waals surface area contributed by atoms with Gasteiger partial charge in [-0.3, -0.25) is 0 Å². The zero-order valence-electron chi connectivity index (χ0n) is 11.5. The number of hydrogen-bond donors (Lipinski definition) is 2. The highest BCUT2D eigenvalue weighted by Crippen LogP contribution is 2.22. The van der Waals surface area contributed by atoms with Crippen LogP contribution < -0.4 is 5.32 Å². The molecule has 0 aliphatic carbocycles. The molecule has 1 aromatic carbocycles. The van der Waals surface area contributed by atoms with E-state index in [4.69, 9.17) is 9.52 Å². The van der Waals surface area contributed by atoms with Crippen molar-refractivity contribution in [2.45, 2.75) is 32.9 Å². The molecule has 3 nitrogen and oxygen atoms in total. The highest BCUT2D eigenvalue weighted by Gasteiger charge is 2.06. The van der Waals surface area contributed by atoms with Gasteiger partial charge in [-0.1, -0.05) is 29.8 Å². The van der Waals surface area contributed by atoms with Crippen molar-refractivity contribution in [2.75, 3.05) is 6.61 Å². The van der Waals surface area contributed by atoms with Crippen LogP contribution >= 0.6 is 0 Å². The molecule has 2 aromatic rings. The van der Waals surface area contributed by atoms with Crippen molar-refractivity contribution in [1.29, 1.82) is 0 Å². The van der Waals surface area contributed by atoms with E-state index in [1.165, 1.54) is 5.56 Å². The van der Waals surface area contributed by atoms with Crippen molar-refractivity contribution in [3.63, 3.8) is 0 Å². The van der Waals surface area contributed by atoms with E-state index in [0.717, 1.165) is 23.5 Å². The normalized spacial score (nSPS) is 12.6. The Balaban J connectivity index is 1.97. The van der Waals surface area contributed by atoms with Gasteiger partial charge in [0.25, 0.3) is 0 Å². The van der Waals surface area contributed by atoms with Crippen LogP contribution in [0.1, 0.15) is 24.7 Å². The van der Waals surface area contributed by atoms with Gasteiger partial charge in [-0.05, 0) is 32.4 Å². The monoisotopic (exact) mass is 259 g/mol. The predicted molar refractivity (Wildman–Crippen MR) is 76.9 cm³/mol. The van der Waals surface area contributed by atoms with Crippen molar-refractivity contribution in [1.82, 2.24) is 5.32 Å². The molecule has 0 aliphatic heterocycles. The first-order valence-corrected chi connectivity index (χ1v) is 6.69. The van der Waals surface area contributed by atoms with Crippen LogP contribution in [0.5, 0.6) is 0 Å². The van der Waals surface area contributed by atoms with Crippen LogP contribution in [0, 0.1) is 6.92 Å². The van der Waals surface area contributed by atoms with E-state index in [2.05, 4.69) is 43.4 Å². The third kappa shape index (κ3) is 3.94. The Morgan fingerprint density at radius 1 is 1.16 bits per heavy atom. The Kier molecular flexibility index (Phi) is 4.77. The fourth-order valence-electron chi connectivity index (χ4n) is 1.92. The van der Waals surface area contributed by atoms with Crippen LogP contribution in [0.2, 0.25) is 0 Å². The first kappa shape index (κ1) is 13.8. The first-order valence-electron chi connectivity index (χ1n) is 6.69. The molecule has 3 heteroatoms. The van der Waals surface area contributed by atoms with Gasteiger partial charge in [0.15, 0.2) is 0 Å². The van der Waals surface area contributed by atoms with Gasteiger partial charge in [0.1, 0.15) is 11.5 Å². The second-order valence-corrected chi connectivity index (χ2v) is 4.93. The molecule has 2 rings (SSSR count). The molecule has 1 atom stereocenters. The number of aliphatic hydroxyl groups is 1. The fraction of sp³-hybridized carbons (Fsp3) is 0.375. The minimum atomic E-state index is 0.209. The van der Waals surface area contributed by atoms with Crippen molar-refractivity contribution < 1.29 is 9.52 Å². The molecule has 0 bridgehead atoms.